The van der Waals surface area contributed by atoms with Crippen molar-refractivity contribution < 1.29 is 18.0 Å². The number of hydrogen-bond donors (Lipinski definition) is 1. The monoisotopic (exact) mass is 529 g/mol. The minimum absolute atomic E-state index is 0.105. The Bertz CT molecular complexity index is 1310. The van der Waals surface area contributed by atoms with E-state index in [-0.39, 0.29) is 17.3 Å². The molecule has 7 nitrogen and oxygen atoms in total. The average Bonchev–Trinajstić information content (AvgIpc) is 2.87. The third kappa shape index (κ3) is 6.63. The molecule has 0 saturated heterocycles. The molecule has 0 aromatic heterocycles. The first kappa shape index (κ1) is 27.6. The van der Waals surface area contributed by atoms with Gasteiger partial charge in [-0.2, -0.15) is 4.31 Å². The third-order valence-corrected chi connectivity index (χ3v) is 8.04. The molecule has 0 spiro atoms. The molecule has 0 saturated carbocycles. The van der Waals surface area contributed by atoms with E-state index < -0.39 is 28.5 Å². The Kier molecular flexibility index (Phi) is 9.48. The molecule has 0 unspecified atom stereocenters. The molecule has 1 atom stereocenters. The van der Waals surface area contributed by atoms with E-state index in [0.29, 0.717) is 18.0 Å². The summed E-state index contributed by atoms with van der Waals surface area (Å²) in [5.41, 5.74) is 0.787. The number of nitrogens with one attached hydrogen (secondary N) is 1. The number of fused-ring (bicyclic) bond motifs is 1. The zero-order valence-electron chi connectivity index (χ0n) is 20.8. The van der Waals surface area contributed by atoms with Crippen LogP contribution in [0.2, 0.25) is 5.02 Å². The molecule has 0 radical (unpaired) electrons. The Hall–Kier alpha value is -2.94. The van der Waals surface area contributed by atoms with Gasteiger partial charge in [0.1, 0.15) is 6.04 Å². The maximum atomic E-state index is 13.5. The Balaban J connectivity index is 1.86. The topological polar surface area (TPSA) is 86.8 Å². The summed E-state index contributed by atoms with van der Waals surface area (Å²) < 4.78 is 27.6. The van der Waals surface area contributed by atoms with Crippen LogP contribution in [-0.4, -0.2) is 55.6 Å². The summed E-state index contributed by atoms with van der Waals surface area (Å²) in [6.07, 6.45) is 1.15. The van der Waals surface area contributed by atoms with Crippen molar-refractivity contribution in [3.8, 4) is 0 Å². The SMILES string of the molecule is CCCNC(=O)[C@H](CC)N(Cc1ccc(Cl)cc1)C(=O)CN(C)S(=O)(=O)c1ccc2ccccc2c1. The highest BCUT2D eigenvalue weighted by Crippen LogP contribution is 2.22. The number of benzene rings is 3. The maximum Gasteiger partial charge on any atom is 0.243 e. The predicted molar refractivity (Wildman–Crippen MR) is 143 cm³/mol. The minimum atomic E-state index is -3.94. The maximum absolute atomic E-state index is 13.5. The zero-order valence-corrected chi connectivity index (χ0v) is 22.3. The van der Waals surface area contributed by atoms with Gasteiger partial charge in [0.25, 0.3) is 0 Å². The first-order valence-corrected chi connectivity index (χ1v) is 13.8. The van der Waals surface area contributed by atoms with Crippen LogP contribution < -0.4 is 5.32 Å². The highest BCUT2D eigenvalue weighted by molar-refractivity contribution is 7.89. The Morgan fingerprint density at radius 2 is 1.64 bits per heavy atom. The zero-order chi connectivity index (χ0) is 26.3. The molecule has 0 bridgehead atoms. The fourth-order valence-corrected chi connectivity index (χ4v) is 5.23. The summed E-state index contributed by atoms with van der Waals surface area (Å²) in [5.74, 6) is -0.725. The summed E-state index contributed by atoms with van der Waals surface area (Å²) >= 11 is 6.00. The smallest absolute Gasteiger partial charge is 0.243 e. The van der Waals surface area contributed by atoms with E-state index in [1.807, 2.05) is 38.1 Å². The van der Waals surface area contributed by atoms with Crippen LogP contribution in [0.4, 0.5) is 0 Å². The van der Waals surface area contributed by atoms with Crippen LogP contribution in [0.3, 0.4) is 0 Å². The molecule has 36 heavy (non-hydrogen) atoms. The number of carbonyl (C=O) groups excluding carboxylic acids is 2. The third-order valence-electron chi connectivity index (χ3n) is 5.99. The van der Waals surface area contributed by atoms with E-state index in [1.54, 1.807) is 36.4 Å². The van der Waals surface area contributed by atoms with Gasteiger partial charge in [-0.25, -0.2) is 8.42 Å². The Morgan fingerprint density at radius 3 is 2.28 bits per heavy atom. The molecule has 2 amide bonds. The summed E-state index contributed by atoms with van der Waals surface area (Å²) in [6, 6.07) is 18.6. The van der Waals surface area contributed by atoms with Crippen molar-refractivity contribution in [2.75, 3.05) is 20.1 Å². The summed E-state index contributed by atoms with van der Waals surface area (Å²) in [5, 5.41) is 5.13. The summed E-state index contributed by atoms with van der Waals surface area (Å²) in [7, 11) is -2.56. The number of likely N-dealkylation sites (N-methyl/N-ethyl adjacent to an activating group) is 1. The van der Waals surface area contributed by atoms with Gasteiger partial charge >= 0.3 is 0 Å². The molecular formula is C27H32ClN3O4S. The van der Waals surface area contributed by atoms with Crippen molar-refractivity contribution in [2.45, 2.75) is 44.2 Å². The molecule has 1 N–H and O–H groups in total. The minimum Gasteiger partial charge on any atom is -0.354 e. The molecule has 9 heteroatoms. The molecule has 192 valence electrons. The number of nitrogens with zero attached hydrogens (tertiary/aromatic N) is 2. The number of carbonyl (C=O) groups is 2. The molecular weight excluding hydrogens is 498 g/mol. The van der Waals surface area contributed by atoms with Crippen molar-refractivity contribution in [3.05, 3.63) is 77.3 Å². The number of sulfonamides is 1. The molecule has 0 aliphatic heterocycles. The van der Waals surface area contributed by atoms with Crippen LogP contribution in [0.1, 0.15) is 32.3 Å². The van der Waals surface area contributed by atoms with Gasteiger partial charge in [0.05, 0.1) is 11.4 Å². The van der Waals surface area contributed by atoms with Gasteiger partial charge in [0.15, 0.2) is 0 Å². The van der Waals surface area contributed by atoms with E-state index in [1.165, 1.54) is 18.0 Å². The lowest BCUT2D eigenvalue weighted by molar-refractivity contribution is -0.141. The quantitative estimate of drug-likeness (QED) is 0.397. The molecule has 3 rings (SSSR count). The van der Waals surface area contributed by atoms with Gasteiger partial charge in [-0.15, -0.1) is 0 Å². The number of hydrogen-bond acceptors (Lipinski definition) is 4. The Morgan fingerprint density at radius 1 is 0.972 bits per heavy atom. The van der Waals surface area contributed by atoms with Gasteiger partial charge < -0.3 is 10.2 Å². The van der Waals surface area contributed by atoms with Gasteiger partial charge in [-0.3, -0.25) is 9.59 Å². The van der Waals surface area contributed by atoms with Crippen LogP contribution in [0.5, 0.6) is 0 Å². The average molecular weight is 530 g/mol. The highest BCUT2D eigenvalue weighted by Gasteiger charge is 2.31. The van der Waals surface area contributed by atoms with Crippen molar-refractivity contribution >= 4 is 44.2 Å². The lowest BCUT2D eigenvalue weighted by Gasteiger charge is -2.32. The van der Waals surface area contributed by atoms with Crippen molar-refractivity contribution in [2.24, 2.45) is 0 Å². The van der Waals surface area contributed by atoms with E-state index in [4.69, 9.17) is 11.6 Å². The van der Waals surface area contributed by atoms with Gasteiger partial charge in [-0.1, -0.05) is 67.9 Å². The molecule has 0 aliphatic rings. The number of rotatable bonds is 11. The van der Waals surface area contributed by atoms with Crippen LogP contribution in [0.15, 0.2) is 71.6 Å². The lowest BCUT2D eigenvalue weighted by Crippen LogP contribution is -2.51. The second kappa shape index (κ2) is 12.3. The van der Waals surface area contributed by atoms with E-state index in [2.05, 4.69) is 5.32 Å². The fourth-order valence-electron chi connectivity index (χ4n) is 3.95. The van der Waals surface area contributed by atoms with Gasteiger partial charge in [0.2, 0.25) is 21.8 Å². The van der Waals surface area contributed by atoms with Crippen molar-refractivity contribution in [1.82, 2.24) is 14.5 Å². The van der Waals surface area contributed by atoms with E-state index in [9.17, 15) is 18.0 Å². The molecule has 0 heterocycles. The first-order valence-electron chi connectivity index (χ1n) is 11.9. The van der Waals surface area contributed by atoms with Crippen LogP contribution >= 0.6 is 11.6 Å². The van der Waals surface area contributed by atoms with Crippen LogP contribution in [0, 0.1) is 0 Å². The standard InChI is InChI=1S/C27H32ClN3O4S/c1-4-16-29-27(33)25(5-2)31(18-20-10-13-23(28)14-11-20)26(32)19-30(3)36(34,35)24-15-12-21-8-6-7-9-22(21)17-24/h6-15,17,25H,4-5,16,18-19H2,1-3H3,(H,29,33)/t25-/m0/s1. The summed E-state index contributed by atoms with van der Waals surface area (Å²) in [4.78, 5) is 28.0. The normalized spacial score (nSPS) is 12.5. The van der Waals surface area contributed by atoms with Gasteiger partial charge in [-0.05, 0) is 53.4 Å². The summed E-state index contributed by atoms with van der Waals surface area (Å²) in [6.45, 7) is 4.02. The fraction of sp³-hybridized carbons (Fsp3) is 0.333. The molecule has 0 fully saturated rings. The van der Waals surface area contributed by atoms with E-state index in [0.717, 1.165) is 27.1 Å². The second-order valence-electron chi connectivity index (χ2n) is 8.63. The van der Waals surface area contributed by atoms with Crippen LogP contribution in [0.25, 0.3) is 10.8 Å². The van der Waals surface area contributed by atoms with Crippen molar-refractivity contribution in [1.29, 1.82) is 0 Å². The number of amides is 2. The van der Waals surface area contributed by atoms with Gasteiger partial charge in [0, 0.05) is 25.2 Å². The highest BCUT2D eigenvalue weighted by atomic mass is 35.5. The number of halogens is 1. The predicted octanol–water partition coefficient (Wildman–Crippen LogP) is 4.45. The first-order chi connectivity index (χ1) is 17.2. The lowest BCUT2D eigenvalue weighted by atomic mass is 10.1. The van der Waals surface area contributed by atoms with E-state index >= 15 is 0 Å². The largest absolute Gasteiger partial charge is 0.354 e. The Labute approximate surface area is 218 Å². The molecule has 3 aromatic carbocycles. The second-order valence-corrected chi connectivity index (χ2v) is 11.1. The van der Waals surface area contributed by atoms with Crippen LogP contribution in [-0.2, 0) is 26.2 Å². The molecule has 3 aromatic rings. The van der Waals surface area contributed by atoms with Crippen molar-refractivity contribution in [3.63, 3.8) is 0 Å². The molecule has 0 aliphatic carbocycles.